The van der Waals surface area contributed by atoms with E-state index in [2.05, 4.69) is 17.6 Å². The molecule has 1 aliphatic rings. The van der Waals surface area contributed by atoms with Crippen molar-refractivity contribution in [1.82, 2.24) is 10.2 Å². The third kappa shape index (κ3) is 6.82. The number of nitrogens with one attached hydrogen (secondary N) is 2. The van der Waals surface area contributed by atoms with E-state index in [1.165, 1.54) is 0 Å². The van der Waals surface area contributed by atoms with Crippen molar-refractivity contribution < 1.29 is 9.59 Å². The molecule has 1 saturated heterocycles. The van der Waals surface area contributed by atoms with Crippen LogP contribution in [0.5, 0.6) is 0 Å². The molecule has 0 spiro atoms. The van der Waals surface area contributed by atoms with Gasteiger partial charge >= 0.3 is 0 Å². The fourth-order valence-electron chi connectivity index (χ4n) is 3.31. The highest BCUT2D eigenvalue weighted by molar-refractivity contribution is 6.34. The molecular weight excluding hydrogens is 362 g/mol. The van der Waals surface area contributed by atoms with Gasteiger partial charge in [0.2, 0.25) is 5.91 Å². The smallest absolute Gasteiger partial charge is 0.255 e. The van der Waals surface area contributed by atoms with E-state index in [0.717, 1.165) is 39.0 Å². The van der Waals surface area contributed by atoms with Gasteiger partial charge in [0.15, 0.2) is 0 Å². The van der Waals surface area contributed by atoms with Gasteiger partial charge in [-0.05, 0) is 55.5 Å². The summed E-state index contributed by atoms with van der Waals surface area (Å²) in [5, 5.41) is 6.68. The van der Waals surface area contributed by atoms with Gasteiger partial charge in [0.1, 0.15) is 0 Å². The number of benzene rings is 1. The summed E-state index contributed by atoms with van der Waals surface area (Å²) in [7, 11) is 0. The van der Waals surface area contributed by atoms with Gasteiger partial charge in [0.25, 0.3) is 5.91 Å². The van der Waals surface area contributed by atoms with Crippen LogP contribution in [0.25, 0.3) is 0 Å². The predicted octanol–water partition coefficient (Wildman–Crippen LogP) is 4.18. The number of halogens is 1. The second-order valence-electron chi connectivity index (χ2n) is 8.52. The molecule has 1 aliphatic heterocycles. The quantitative estimate of drug-likeness (QED) is 0.762. The minimum Gasteiger partial charge on any atom is -0.339 e. The van der Waals surface area contributed by atoms with Crippen LogP contribution in [0.1, 0.15) is 57.3 Å². The molecule has 0 unspecified atom stereocenters. The minimum atomic E-state index is -0.0911. The van der Waals surface area contributed by atoms with Gasteiger partial charge in [-0.3, -0.25) is 9.59 Å². The molecule has 6 heteroatoms. The van der Waals surface area contributed by atoms with Gasteiger partial charge in [-0.25, -0.2) is 0 Å². The molecule has 1 heterocycles. The van der Waals surface area contributed by atoms with Crippen molar-refractivity contribution in [2.24, 2.45) is 11.3 Å². The fraction of sp³-hybridized carbons (Fsp3) is 0.619. The second-order valence-corrected chi connectivity index (χ2v) is 8.93. The highest BCUT2D eigenvalue weighted by Crippen LogP contribution is 2.26. The molecule has 1 aromatic rings. The Balaban J connectivity index is 2.01. The summed E-state index contributed by atoms with van der Waals surface area (Å²) in [5.41, 5.74) is 0.973. The van der Waals surface area contributed by atoms with E-state index in [1.54, 1.807) is 18.2 Å². The Hall–Kier alpha value is -1.59. The number of likely N-dealkylation sites (tertiary alicyclic amines) is 1. The molecule has 27 heavy (non-hydrogen) atoms. The largest absolute Gasteiger partial charge is 0.339 e. The van der Waals surface area contributed by atoms with Crippen LogP contribution in [-0.4, -0.2) is 42.9 Å². The van der Waals surface area contributed by atoms with Crippen molar-refractivity contribution in [3.8, 4) is 0 Å². The number of rotatable bonds is 6. The Morgan fingerprint density at radius 3 is 2.48 bits per heavy atom. The van der Waals surface area contributed by atoms with Gasteiger partial charge in [0, 0.05) is 25.2 Å². The lowest BCUT2D eigenvalue weighted by Gasteiger charge is -2.32. The molecule has 0 radical (unpaired) electrons. The maximum Gasteiger partial charge on any atom is 0.255 e. The van der Waals surface area contributed by atoms with E-state index >= 15 is 0 Å². The van der Waals surface area contributed by atoms with Crippen LogP contribution in [0.2, 0.25) is 5.02 Å². The summed E-state index contributed by atoms with van der Waals surface area (Å²) in [6.45, 7) is 11.6. The van der Waals surface area contributed by atoms with E-state index < -0.39 is 0 Å². The molecular formula is C21H32ClN3O2. The van der Waals surface area contributed by atoms with E-state index in [9.17, 15) is 9.59 Å². The summed E-state index contributed by atoms with van der Waals surface area (Å²) in [5.74, 6) is 0.494. The van der Waals surface area contributed by atoms with Crippen LogP contribution in [0, 0.1) is 11.3 Å². The van der Waals surface area contributed by atoms with Gasteiger partial charge in [-0.2, -0.15) is 0 Å². The van der Waals surface area contributed by atoms with Gasteiger partial charge < -0.3 is 15.5 Å². The van der Waals surface area contributed by atoms with Crippen molar-refractivity contribution in [3.63, 3.8) is 0 Å². The Bertz CT molecular complexity index is 662. The molecule has 2 rings (SSSR count). The monoisotopic (exact) mass is 393 g/mol. The molecule has 2 N–H and O–H groups in total. The predicted molar refractivity (Wildman–Crippen MR) is 111 cm³/mol. The zero-order chi connectivity index (χ0) is 20.0. The normalized spacial score (nSPS) is 15.7. The van der Waals surface area contributed by atoms with Crippen molar-refractivity contribution in [3.05, 3.63) is 28.8 Å². The highest BCUT2D eigenvalue weighted by atomic mass is 35.5. The maximum atomic E-state index is 12.9. The van der Waals surface area contributed by atoms with E-state index in [1.807, 2.05) is 25.7 Å². The fourth-order valence-corrected chi connectivity index (χ4v) is 3.51. The van der Waals surface area contributed by atoms with Gasteiger partial charge in [-0.15, -0.1) is 0 Å². The van der Waals surface area contributed by atoms with Crippen LogP contribution < -0.4 is 10.6 Å². The number of carbonyl (C=O) groups is 2. The number of hydrogen-bond acceptors (Lipinski definition) is 3. The molecule has 5 nitrogen and oxygen atoms in total. The average molecular weight is 394 g/mol. The molecule has 0 saturated carbocycles. The number of hydrogen-bond donors (Lipinski definition) is 2. The van der Waals surface area contributed by atoms with Crippen LogP contribution in [-0.2, 0) is 4.79 Å². The number of carbonyl (C=O) groups excluding carboxylic acids is 2. The van der Waals surface area contributed by atoms with E-state index in [-0.39, 0.29) is 17.2 Å². The first kappa shape index (κ1) is 21.7. The maximum absolute atomic E-state index is 12.9. The van der Waals surface area contributed by atoms with Crippen LogP contribution in [0.15, 0.2) is 18.2 Å². The van der Waals surface area contributed by atoms with E-state index in [4.69, 9.17) is 11.6 Å². The molecule has 1 aromatic carbocycles. The molecule has 0 aromatic heterocycles. The minimum absolute atomic E-state index is 0.0613. The third-order valence-corrected chi connectivity index (χ3v) is 5.09. The van der Waals surface area contributed by atoms with Crippen molar-refractivity contribution in [2.75, 3.05) is 31.5 Å². The summed E-state index contributed by atoms with van der Waals surface area (Å²) >= 11 is 6.28. The van der Waals surface area contributed by atoms with Crippen molar-refractivity contribution >= 4 is 29.1 Å². The molecule has 1 fully saturated rings. The Kier molecular flexibility index (Phi) is 7.68. The number of nitrogens with zero attached hydrogens (tertiary/aromatic N) is 1. The summed E-state index contributed by atoms with van der Waals surface area (Å²) in [6.07, 6.45) is 2.41. The first-order chi connectivity index (χ1) is 12.7. The molecule has 0 atom stereocenters. The molecule has 0 bridgehead atoms. The van der Waals surface area contributed by atoms with Gasteiger partial charge in [0.05, 0.1) is 10.6 Å². The molecule has 0 aliphatic carbocycles. The van der Waals surface area contributed by atoms with Crippen LogP contribution in [0.3, 0.4) is 0 Å². The topological polar surface area (TPSA) is 61.4 Å². The zero-order valence-electron chi connectivity index (χ0n) is 16.9. The first-order valence-corrected chi connectivity index (χ1v) is 10.2. The Labute approximate surface area is 167 Å². The highest BCUT2D eigenvalue weighted by Gasteiger charge is 2.25. The number of anilines is 1. The second kappa shape index (κ2) is 9.56. The summed E-state index contributed by atoms with van der Waals surface area (Å²) in [6, 6.07) is 5.11. The van der Waals surface area contributed by atoms with Gasteiger partial charge in [-0.1, -0.05) is 39.3 Å². The zero-order valence-corrected chi connectivity index (χ0v) is 17.7. The molecule has 2 amide bonds. The third-order valence-electron chi connectivity index (χ3n) is 4.76. The molecule has 150 valence electrons. The average Bonchev–Trinajstić information content (AvgIpc) is 2.60. The summed E-state index contributed by atoms with van der Waals surface area (Å²) in [4.78, 5) is 27.0. The Morgan fingerprint density at radius 2 is 1.89 bits per heavy atom. The SMILES string of the molecule is CCNCC1CCN(C(=O)c2cc(NC(=O)CC(C)(C)C)ccc2Cl)CC1. The lowest BCUT2D eigenvalue weighted by Crippen LogP contribution is -2.40. The van der Waals surface area contributed by atoms with Crippen molar-refractivity contribution in [1.29, 1.82) is 0 Å². The lowest BCUT2D eigenvalue weighted by molar-refractivity contribution is -0.117. The van der Waals surface area contributed by atoms with Crippen LogP contribution in [0.4, 0.5) is 5.69 Å². The van der Waals surface area contributed by atoms with Crippen LogP contribution >= 0.6 is 11.6 Å². The lowest BCUT2D eigenvalue weighted by atomic mass is 9.92. The number of piperidine rings is 1. The van der Waals surface area contributed by atoms with Crippen molar-refractivity contribution in [2.45, 2.75) is 47.0 Å². The number of amides is 2. The summed E-state index contributed by atoms with van der Waals surface area (Å²) < 4.78 is 0. The first-order valence-electron chi connectivity index (χ1n) is 9.79. The Morgan fingerprint density at radius 1 is 1.22 bits per heavy atom. The van der Waals surface area contributed by atoms with E-state index in [0.29, 0.717) is 28.6 Å². The standard InChI is InChI=1S/C21H32ClN3O2/c1-5-23-14-15-8-10-25(11-9-15)20(27)17-12-16(6-7-18(17)22)24-19(26)13-21(2,3)4/h6-7,12,15,23H,5,8-11,13-14H2,1-4H3,(H,24,26).